The molecule has 1 saturated heterocycles. The molecule has 1 aliphatic heterocycles. The van der Waals surface area contributed by atoms with Crippen LogP contribution in [0.5, 0.6) is 5.75 Å². The molecule has 1 fully saturated rings. The summed E-state index contributed by atoms with van der Waals surface area (Å²) in [6.07, 6.45) is 3.70. The Balaban J connectivity index is 1.82. The Labute approximate surface area is 159 Å². The van der Waals surface area contributed by atoms with Gasteiger partial charge in [0.25, 0.3) is 5.91 Å². The summed E-state index contributed by atoms with van der Waals surface area (Å²) < 4.78 is 24.8. The van der Waals surface area contributed by atoms with Gasteiger partial charge in [0.15, 0.2) is 5.60 Å². The average molecular weight is 369 g/mol. The first kappa shape index (κ1) is 19.1. The quantitative estimate of drug-likeness (QED) is 0.753. The highest BCUT2D eigenvalue weighted by molar-refractivity contribution is 5.86. The predicted molar refractivity (Wildman–Crippen MR) is 103 cm³/mol. The second kappa shape index (κ2) is 8.35. The van der Waals surface area contributed by atoms with Crippen LogP contribution in [0.4, 0.5) is 4.39 Å². The van der Waals surface area contributed by atoms with Crippen molar-refractivity contribution in [3.8, 4) is 16.9 Å². The minimum atomic E-state index is -0.832. The summed E-state index contributed by atoms with van der Waals surface area (Å²) in [5.74, 6) is 0.200. The Morgan fingerprint density at radius 2 is 2.11 bits per heavy atom. The van der Waals surface area contributed by atoms with Crippen molar-refractivity contribution in [2.75, 3.05) is 20.3 Å². The largest absolute Gasteiger partial charge is 0.496 e. The van der Waals surface area contributed by atoms with E-state index in [0.29, 0.717) is 37.3 Å². The van der Waals surface area contributed by atoms with Crippen LogP contribution in [-0.4, -0.2) is 31.8 Å². The fourth-order valence-corrected chi connectivity index (χ4v) is 3.46. The predicted octanol–water partition coefficient (Wildman–Crippen LogP) is 3.90. The smallest absolute Gasteiger partial charge is 0.252 e. The Morgan fingerprint density at radius 3 is 2.74 bits per heavy atom. The molecule has 0 radical (unpaired) electrons. The molecule has 0 aromatic heterocycles. The van der Waals surface area contributed by atoms with Crippen molar-refractivity contribution in [1.29, 1.82) is 0 Å². The van der Waals surface area contributed by atoms with Gasteiger partial charge in [0.05, 0.1) is 7.11 Å². The van der Waals surface area contributed by atoms with E-state index < -0.39 is 5.60 Å². The lowest BCUT2D eigenvalue weighted by Crippen LogP contribution is -2.48. The summed E-state index contributed by atoms with van der Waals surface area (Å²) in [5.41, 5.74) is 1.71. The summed E-state index contributed by atoms with van der Waals surface area (Å²) in [4.78, 5) is 12.6. The van der Waals surface area contributed by atoms with Crippen molar-refractivity contribution in [2.24, 2.45) is 0 Å². The fourth-order valence-electron chi connectivity index (χ4n) is 3.46. The van der Waals surface area contributed by atoms with Crippen molar-refractivity contribution in [2.45, 2.75) is 24.9 Å². The number of nitrogens with one attached hydrogen (secondary N) is 1. The first-order chi connectivity index (χ1) is 13.1. The summed E-state index contributed by atoms with van der Waals surface area (Å²) in [6.45, 7) is 4.63. The molecule has 27 heavy (non-hydrogen) atoms. The van der Waals surface area contributed by atoms with Gasteiger partial charge in [0, 0.05) is 25.1 Å². The molecular weight excluding hydrogens is 345 g/mol. The molecule has 4 nitrogen and oxygen atoms in total. The zero-order chi connectivity index (χ0) is 19.3. The zero-order valence-electron chi connectivity index (χ0n) is 15.5. The molecule has 0 bridgehead atoms. The summed E-state index contributed by atoms with van der Waals surface area (Å²) >= 11 is 0. The van der Waals surface area contributed by atoms with Crippen LogP contribution in [0.3, 0.4) is 0 Å². The third-order valence-corrected chi connectivity index (χ3v) is 4.84. The maximum Gasteiger partial charge on any atom is 0.252 e. The number of rotatable bonds is 7. The second-order valence-corrected chi connectivity index (χ2v) is 6.66. The molecule has 1 N–H and O–H groups in total. The van der Waals surface area contributed by atoms with E-state index in [1.54, 1.807) is 19.3 Å². The lowest BCUT2D eigenvalue weighted by Gasteiger charge is -2.27. The molecule has 1 aliphatic rings. The van der Waals surface area contributed by atoms with Crippen LogP contribution >= 0.6 is 0 Å². The van der Waals surface area contributed by atoms with E-state index >= 15 is 0 Å². The van der Waals surface area contributed by atoms with Crippen LogP contribution in [0.1, 0.15) is 18.4 Å². The van der Waals surface area contributed by atoms with Crippen molar-refractivity contribution in [3.05, 3.63) is 66.5 Å². The van der Waals surface area contributed by atoms with Gasteiger partial charge in [-0.05, 0) is 42.2 Å². The molecule has 1 amide bonds. The molecule has 142 valence electrons. The number of carbonyl (C=O) groups is 1. The molecule has 1 atom stereocenters. The standard InChI is InChI=1S/C22H24FNO3/c1-3-12-24-21(25)22(11-4-13-27-22)15-16-5-7-17(8-6-16)19-14-18(23)9-10-20(19)26-2/h3,5-10,14H,1,4,11-13,15H2,2H3,(H,24,25). The Hall–Kier alpha value is -2.66. The highest BCUT2D eigenvalue weighted by atomic mass is 19.1. The Morgan fingerprint density at radius 1 is 1.33 bits per heavy atom. The molecule has 1 heterocycles. The monoisotopic (exact) mass is 369 g/mol. The Kier molecular flexibility index (Phi) is 5.91. The normalized spacial score (nSPS) is 18.9. The fraction of sp³-hybridized carbons (Fsp3) is 0.318. The first-order valence-electron chi connectivity index (χ1n) is 9.04. The van der Waals surface area contributed by atoms with Crippen LogP contribution in [-0.2, 0) is 16.0 Å². The van der Waals surface area contributed by atoms with Crippen LogP contribution in [0.15, 0.2) is 55.1 Å². The van der Waals surface area contributed by atoms with E-state index in [0.717, 1.165) is 17.5 Å². The molecule has 0 saturated carbocycles. The van der Waals surface area contributed by atoms with Crippen LogP contribution < -0.4 is 10.1 Å². The number of hydrogen-bond donors (Lipinski definition) is 1. The molecule has 2 aromatic carbocycles. The maximum absolute atomic E-state index is 13.6. The van der Waals surface area contributed by atoms with E-state index in [1.165, 1.54) is 12.1 Å². The minimum Gasteiger partial charge on any atom is -0.496 e. The lowest BCUT2D eigenvalue weighted by atomic mass is 9.89. The van der Waals surface area contributed by atoms with E-state index in [4.69, 9.17) is 9.47 Å². The van der Waals surface area contributed by atoms with Gasteiger partial charge < -0.3 is 14.8 Å². The average Bonchev–Trinajstić information content (AvgIpc) is 3.16. The van der Waals surface area contributed by atoms with Crippen molar-refractivity contribution >= 4 is 5.91 Å². The molecular formula is C22H24FNO3. The summed E-state index contributed by atoms with van der Waals surface area (Å²) in [6, 6.07) is 12.2. The van der Waals surface area contributed by atoms with Crippen LogP contribution in [0.2, 0.25) is 0 Å². The minimum absolute atomic E-state index is 0.101. The number of carbonyl (C=O) groups excluding carboxylic acids is 1. The third kappa shape index (κ3) is 4.19. The van der Waals surface area contributed by atoms with Crippen LogP contribution in [0, 0.1) is 5.82 Å². The van der Waals surface area contributed by atoms with Gasteiger partial charge >= 0.3 is 0 Å². The van der Waals surface area contributed by atoms with Gasteiger partial charge in [-0.3, -0.25) is 4.79 Å². The lowest BCUT2D eigenvalue weighted by molar-refractivity contribution is -0.141. The van der Waals surface area contributed by atoms with E-state index in [-0.39, 0.29) is 11.7 Å². The van der Waals surface area contributed by atoms with Crippen molar-refractivity contribution < 1.29 is 18.7 Å². The number of benzene rings is 2. The van der Waals surface area contributed by atoms with Gasteiger partial charge in [0.2, 0.25) is 0 Å². The second-order valence-electron chi connectivity index (χ2n) is 6.66. The van der Waals surface area contributed by atoms with Gasteiger partial charge in [-0.25, -0.2) is 4.39 Å². The molecule has 0 aliphatic carbocycles. The van der Waals surface area contributed by atoms with Crippen molar-refractivity contribution in [3.63, 3.8) is 0 Å². The Bertz CT molecular complexity index is 811. The number of amides is 1. The van der Waals surface area contributed by atoms with Gasteiger partial charge in [-0.2, -0.15) is 0 Å². The number of ether oxygens (including phenoxy) is 2. The molecule has 3 rings (SSSR count). The van der Waals surface area contributed by atoms with Crippen molar-refractivity contribution in [1.82, 2.24) is 5.32 Å². The number of halogens is 1. The summed E-state index contributed by atoms with van der Waals surface area (Å²) in [5, 5.41) is 2.85. The van der Waals surface area contributed by atoms with Gasteiger partial charge in [-0.15, -0.1) is 6.58 Å². The zero-order valence-corrected chi connectivity index (χ0v) is 15.5. The molecule has 5 heteroatoms. The van der Waals surface area contributed by atoms with Crippen LogP contribution in [0.25, 0.3) is 11.1 Å². The third-order valence-electron chi connectivity index (χ3n) is 4.84. The molecule has 0 spiro atoms. The summed E-state index contributed by atoms with van der Waals surface area (Å²) in [7, 11) is 1.56. The number of hydrogen-bond acceptors (Lipinski definition) is 3. The molecule has 1 unspecified atom stereocenters. The van der Waals surface area contributed by atoms with E-state index in [9.17, 15) is 9.18 Å². The topological polar surface area (TPSA) is 47.6 Å². The van der Waals surface area contributed by atoms with E-state index in [2.05, 4.69) is 11.9 Å². The van der Waals surface area contributed by atoms with Gasteiger partial charge in [-0.1, -0.05) is 30.3 Å². The van der Waals surface area contributed by atoms with E-state index in [1.807, 2.05) is 24.3 Å². The molecule has 2 aromatic rings. The van der Waals surface area contributed by atoms with Gasteiger partial charge in [0.1, 0.15) is 11.6 Å². The number of methoxy groups -OCH3 is 1. The highest BCUT2D eigenvalue weighted by Gasteiger charge is 2.42. The first-order valence-corrected chi connectivity index (χ1v) is 9.04. The maximum atomic E-state index is 13.6. The SMILES string of the molecule is C=CCNC(=O)C1(Cc2ccc(-c3cc(F)ccc3OC)cc2)CCCO1. The highest BCUT2D eigenvalue weighted by Crippen LogP contribution is 2.33.